The third-order valence-electron chi connectivity index (χ3n) is 9.40. The first-order chi connectivity index (χ1) is 13.9. The first-order valence-electron chi connectivity index (χ1n) is 11.5. The standard InChI is InChI=1S/C26H34O2S/c1-25-12-9-19(27)15-18(25)4-5-20-21-6-7-23(26(21,2)13-10-22(20)25)24(28)8-3-17-11-14-29-16-17/h3-4,8,11,14,16,19-23,27H,5-7,9-10,12-13,15H2,1-2H3/b8-3+/t19-,20?,21?,22?,23?,25-,26-/m0/s1. The molecule has 29 heavy (non-hydrogen) atoms. The molecule has 0 aromatic carbocycles. The van der Waals surface area contributed by atoms with Crippen molar-refractivity contribution in [2.45, 2.75) is 71.3 Å². The lowest BCUT2D eigenvalue weighted by Crippen LogP contribution is -2.50. The van der Waals surface area contributed by atoms with Crippen LogP contribution in [-0.4, -0.2) is 17.0 Å². The van der Waals surface area contributed by atoms with Crippen molar-refractivity contribution in [1.82, 2.24) is 0 Å². The predicted octanol–water partition coefficient (Wildman–Crippen LogP) is 6.27. The van der Waals surface area contributed by atoms with E-state index < -0.39 is 0 Å². The van der Waals surface area contributed by atoms with E-state index in [0.717, 1.165) is 49.5 Å². The average molecular weight is 411 g/mol. The van der Waals surface area contributed by atoms with E-state index in [4.69, 9.17) is 0 Å². The van der Waals surface area contributed by atoms with Gasteiger partial charge in [-0.05, 0) is 108 Å². The summed E-state index contributed by atoms with van der Waals surface area (Å²) in [6.07, 6.45) is 15.1. The highest BCUT2D eigenvalue weighted by Gasteiger charge is 2.59. The number of aliphatic hydroxyl groups excluding tert-OH is 1. The fourth-order valence-electron chi connectivity index (χ4n) is 7.77. The Labute approximate surface area is 179 Å². The Bertz CT molecular complexity index is 837. The topological polar surface area (TPSA) is 37.3 Å². The van der Waals surface area contributed by atoms with E-state index in [2.05, 4.69) is 36.7 Å². The molecule has 0 saturated heterocycles. The summed E-state index contributed by atoms with van der Waals surface area (Å²) in [5, 5.41) is 14.3. The SMILES string of the molecule is C[C@]12CCC3C(CC=C4C[C@@H](O)CC[C@@]43C)C1CCC2C(=O)/C=C/c1ccsc1. The Morgan fingerprint density at radius 3 is 2.83 bits per heavy atom. The van der Waals surface area contributed by atoms with Gasteiger partial charge < -0.3 is 5.11 Å². The summed E-state index contributed by atoms with van der Waals surface area (Å²) in [5.74, 6) is 2.67. The molecule has 4 unspecified atom stereocenters. The highest BCUT2D eigenvalue weighted by atomic mass is 32.1. The monoisotopic (exact) mass is 410 g/mol. The molecule has 156 valence electrons. The van der Waals surface area contributed by atoms with Crippen LogP contribution in [0.15, 0.2) is 34.6 Å². The van der Waals surface area contributed by atoms with Crippen molar-refractivity contribution in [2.24, 2.45) is 34.5 Å². The average Bonchev–Trinajstić information content (AvgIpc) is 3.34. The lowest BCUT2D eigenvalue weighted by molar-refractivity contribution is -0.124. The van der Waals surface area contributed by atoms with Crippen LogP contribution in [0, 0.1) is 34.5 Å². The fourth-order valence-corrected chi connectivity index (χ4v) is 8.40. The molecule has 1 heterocycles. The minimum atomic E-state index is -0.136. The van der Waals surface area contributed by atoms with Crippen LogP contribution in [0.2, 0.25) is 0 Å². The fraction of sp³-hybridized carbons (Fsp3) is 0.654. The number of carbonyl (C=O) groups excluding carboxylic acids is 1. The van der Waals surface area contributed by atoms with Crippen LogP contribution in [0.25, 0.3) is 6.08 Å². The van der Waals surface area contributed by atoms with Gasteiger partial charge in [0.2, 0.25) is 0 Å². The van der Waals surface area contributed by atoms with Crippen molar-refractivity contribution >= 4 is 23.2 Å². The third-order valence-corrected chi connectivity index (χ3v) is 10.1. The van der Waals surface area contributed by atoms with Crippen LogP contribution in [0.3, 0.4) is 0 Å². The van der Waals surface area contributed by atoms with Gasteiger partial charge in [0, 0.05) is 5.92 Å². The minimum Gasteiger partial charge on any atom is -0.393 e. The van der Waals surface area contributed by atoms with Crippen LogP contribution in [0.5, 0.6) is 0 Å². The molecule has 0 spiro atoms. The molecule has 3 heteroatoms. The number of hydrogen-bond acceptors (Lipinski definition) is 3. The number of fused-ring (bicyclic) bond motifs is 5. The molecule has 2 nitrogen and oxygen atoms in total. The molecule has 1 N–H and O–H groups in total. The van der Waals surface area contributed by atoms with Gasteiger partial charge in [-0.3, -0.25) is 4.79 Å². The minimum absolute atomic E-state index is 0.136. The zero-order valence-electron chi connectivity index (χ0n) is 17.8. The molecule has 1 aromatic rings. The molecule has 3 fully saturated rings. The summed E-state index contributed by atoms with van der Waals surface area (Å²) in [5.41, 5.74) is 3.12. The van der Waals surface area contributed by atoms with E-state index in [-0.39, 0.29) is 22.9 Å². The number of hydrogen-bond donors (Lipinski definition) is 1. The summed E-state index contributed by atoms with van der Waals surface area (Å²) in [6.45, 7) is 4.90. The molecular weight excluding hydrogens is 376 g/mol. The molecule has 4 aliphatic rings. The first-order valence-corrected chi connectivity index (χ1v) is 12.5. The Morgan fingerprint density at radius 1 is 1.17 bits per heavy atom. The van der Waals surface area contributed by atoms with Crippen LogP contribution >= 0.6 is 11.3 Å². The molecule has 5 rings (SSSR count). The van der Waals surface area contributed by atoms with Crippen LogP contribution in [-0.2, 0) is 4.79 Å². The van der Waals surface area contributed by atoms with E-state index in [1.54, 1.807) is 11.3 Å². The Balaban J connectivity index is 1.37. The largest absolute Gasteiger partial charge is 0.393 e. The van der Waals surface area contributed by atoms with Crippen molar-refractivity contribution in [3.8, 4) is 0 Å². The van der Waals surface area contributed by atoms with Crippen LogP contribution in [0.1, 0.15) is 70.8 Å². The molecule has 1 aromatic heterocycles. The summed E-state index contributed by atoms with van der Waals surface area (Å²) in [7, 11) is 0. The zero-order chi connectivity index (χ0) is 20.2. The maximum Gasteiger partial charge on any atom is 0.159 e. The number of thiophene rings is 1. The van der Waals surface area contributed by atoms with Crippen molar-refractivity contribution in [1.29, 1.82) is 0 Å². The summed E-state index contributed by atoms with van der Waals surface area (Å²) < 4.78 is 0. The van der Waals surface area contributed by atoms with E-state index in [9.17, 15) is 9.90 Å². The maximum atomic E-state index is 13.2. The van der Waals surface area contributed by atoms with Gasteiger partial charge in [-0.15, -0.1) is 0 Å². The molecule has 0 aliphatic heterocycles. The Kier molecular flexibility index (Phi) is 4.90. The van der Waals surface area contributed by atoms with Gasteiger partial charge in [-0.25, -0.2) is 0 Å². The quantitative estimate of drug-likeness (QED) is 0.471. The molecule has 4 aliphatic carbocycles. The smallest absolute Gasteiger partial charge is 0.159 e. The van der Waals surface area contributed by atoms with Crippen LogP contribution < -0.4 is 0 Å². The predicted molar refractivity (Wildman–Crippen MR) is 120 cm³/mol. The zero-order valence-corrected chi connectivity index (χ0v) is 18.6. The number of aliphatic hydroxyl groups is 1. The number of ketones is 1. The van der Waals surface area contributed by atoms with Gasteiger partial charge in [0.25, 0.3) is 0 Å². The lowest BCUT2D eigenvalue weighted by atomic mass is 9.47. The molecule has 0 amide bonds. The molecule has 0 bridgehead atoms. The van der Waals surface area contributed by atoms with Crippen LogP contribution in [0.4, 0.5) is 0 Å². The second-order valence-electron chi connectivity index (χ2n) is 10.6. The van der Waals surface area contributed by atoms with Gasteiger partial charge in [-0.1, -0.05) is 31.6 Å². The van der Waals surface area contributed by atoms with E-state index in [0.29, 0.717) is 11.7 Å². The van der Waals surface area contributed by atoms with Gasteiger partial charge in [0.15, 0.2) is 5.78 Å². The number of carbonyl (C=O) groups is 1. The van der Waals surface area contributed by atoms with E-state index >= 15 is 0 Å². The van der Waals surface area contributed by atoms with Crippen molar-refractivity contribution < 1.29 is 9.90 Å². The molecular formula is C26H34O2S. The van der Waals surface area contributed by atoms with Gasteiger partial charge in [0.05, 0.1) is 6.10 Å². The summed E-state index contributed by atoms with van der Waals surface area (Å²) >= 11 is 1.68. The second kappa shape index (κ2) is 7.20. The summed E-state index contributed by atoms with van der Waals surface area (Å²) in [4.78, 5) is 13.2. The maximum absolute atomic E-state index is 13.2. The Hall–Kier alpha value is -1.19. The second-order valence-corrected chi connectivity index (χ2v) is 11.4. The molecule has 3 saturated carbocycles. The van der Waals surface area contributed by atoms with E-state index in [1.807, 2.05) is 12.2 Å². The highest BCUT2D eigenvalue weighted by Crippen LogP contribution is 2.66. The van der Waals surface area contributed by atoms with Crippen molar-refractivity contribution in [3.05, 3.63) is 40.1 Å². The number of allylic oxidation sites excluding steroid dienone is 2. The normalized spacial score (nSPS) is 44.1. The van der Waals surface area contributed by atoms with Crippen molar-refractivity contribution in [2.75, 3.05) is 0 Å². The van der Waals surface area contributed by atoms with Gasteiger partial charge in [-0.2, -0.15) is 11.3 Å². The molecule has 0 radical (unpaired) electrons. The first kappa shape index (κ1) is 19.8. The Morgan fingerprint density at radius 2 is 2.03 bits per heavy atom. The van der Waals surface area contributed by atoms with Gasteiger partial charge >= 0.3 is 0 Å². The van der Waals surface area contributed by atoms with E-state index in [1.165, 1.54) is 24.8 Å². The molecule has 7 atom stereocenters. The van der Waals surface area contributed by atoms with Crippen molar-refractivity contribution in [3.63, 3.8) is 0 Å². The highest BCUT2D eigenvalue weighted by molar-refractivity contribution is 7.08. The summed E-state index contributed by atoms with van der Waals surface area (Å²) in [6, 6.07) is 2.08. The van der Waals surface area contributed by atoms with Gasteiger partial charge in [0.1, 0.15) is 0 Å². The third kappa shape index (κ3) is 3.11. The number of rotatable bonds is 3. The lowest BCUT2D eigenvalue weighted by Gasteiger charge is -2.57.